The van der Waals surface area contributed by atoms with Crippen molar-refractivity contribution in [1.82, 2.24) is 0 Å². The second-order valence-electron chi connectivity index (χ2n) is 4.48. The Kier molecular flexibility index (Phi) is 4.98. The maximum atomic E-state index is 12.0. The molecule has 0 radical (unpaired) electrons. The van der Waals surface area contributed by atoms with E-state index in [9.17, 15) is 9.59 Å². The summed E-state index contributed by atoms with van der Waals surface area (Å²) in [7, 11) is 0. The molecule has 21 heavy (non-hydrogen) atoms. The molecule has 1 aromatic heterocycles. The Morgan fingerprint density at radius 1 is 1.33 bits per heavy atom. The first-order chi connectivity index (χ1) is 9.97. The van der Waals surface area contributed by atoms with Gasteiger partial charge in [-0.3, -0.25) is 4.79 Å². The van der Waals surface area contributed by atoms with Gasteiger partial charge in [-0.25, -0.2) is 4.79 Å². The number of hydrogen-bond donors (Lipinski definition) is 1. The van der Waals surface area contributed by atoms with Gasteiger partial charge in [0.1, 0.15) is 4.88 Å². The van der Waals surface area contributed by atoms with E-state index < -0.39 is 18.0 Å². The predicted molar refractivity (Wildman–Crippen MR) is 84.0 cm³/mol. The van der Waals surface area contributed by atoms with E-state index in [1.807, 2.05) is 18.4 Å². The molecule has 0 aliphatic rings. The molecule has 1 aromatic carbocycles. The molecular weight excluding hydrogens is 310 g/mol. The van der Waals surface area contributed by atoms with E-state index in [-0.39, 0.29) is 0 Å². The topological polar surface area (TPSA) is 55.4 Å². The molecular formula is C15H14ClNO3S. The van der Waals surface area contributed by atoms with Gasteiger partial charge in [-0.1, -0.05) is 17.7 Å². The minimum atomic E-state index is -0.891. The fourth-order valence-electron chi connectivity index (χ4n) is 1.66. The third-order valence-electron chi connectivity index (χ3n) is 2.79. The molecule has 0 aliphatic carbocycles. The summed E-state index contributed by atoms with van der Waals surface area (Å²) in [4.78, 5) is 24.4. The number of thiophene rings is 1. The van der Waals surface area contributed by atoms with Crippen molar-refractivity contribution >= 4 is 40.5 Å². The first kappa shape index (κ1) is 15.5. The number of amides is 1. The van der Waals surface area contributed by atoms with Crippen molar-refractivity contribution in [2.24, 2.45) is 0 Å². The average Bonchev–Trinajstić information content (AvgIpc) is 2.85. The van der Waals surface area contributed by atoms with Crippen molar-refractivity contribution in [2.75, 3.05) is 5.32 Å². The Balaban J connectivity index is 1.97. The van der Waals surface area contributed by atoms with Gasteiger partial charge >= 0.3 is 5.97 Å². The van der Waals surface area contributed by atoms with Gasteiger partial charge < -0.3 is 10.1 Å². The largest absolute Gasteiger partial charge is 0.448 e. The molecule has 1 amide bonds. The average molecular weight is 324 g/mol. The zero-order valence-electron chi connectivity index (χ0n) is 11.6. The summed E-state index contributed by atoms with van der Waals surface area (Å²) in [5.74, 6) is -0.893. The molecule has 0 fully saturated rings. The fourth-order valence-corrected chi connectivity index (χ4v) is 2.66. The molecule has 0 saturated carbocycles. The van der Waals surface area contributed by atoms with Crippen LogP contribution in [-0.2, 0) is 9.53 Å². The van der Waals surface area contributed by atoms with Crippen LogP contribution in [0.1, 0.15) is 22.2 Å². The van der Waals surface area contributed by atoms with Gasteiger partial charge in [-0.15, -0.1) is 11.3 Å². The molecule has 110 valence electrons. The van der Waals surface area contributed by atoms with Crippen LogP contribution in [-0.4, -0.2) is 18.0 Å². The van der Waals surface area contributed by atoms with Gasteiger partial charge in [-0.2, -0.15) is 0 Å². The summed E-state index contributed by atoms with van der Waals surface area (Å²) in [6, 6.07) is 8.60. The smallest absolute Gasteiger partial charge is 0.349 e. The number of nitrogens with one attached hydrogen (secondary N) is 1. The zero-order chi connectivity index (χ0) is 15.4. The standard InChI is InChI=1S/C15H14ClNO3S/c1-9-6-7-21-13(9)15(19)20-10(2)14(18)17-12-5-3-4-11(16)8-12/h3-8,10H,1-2H3,(H,17,18)/t10-/m0/s1. The van der Waals surface area contributed by atoms with Gasteiger partial charge in [-0.05, 0) is 49.1 Å². The number of ether oxygens (including phenoxy) is 1. The van der Waals surface area contributed by atoms with Gasteiger partial charge in [0.2, 0.25) is 0 Å². The van der Waals surface area contributed by atoms with E-state index in [1.165, 1.54) is 18.3 Å². The van der Waals surface area contributed by atoms with E-state index >= 15 is 0 Å². The van der Waals surface area contributed by atoms with Crippen LogP contribution in [0.15, 0.2) is 35.7 Å². The highest BCUT2D eigenvalue weighted by atomic mass is 35.5. The number of rotatable bonds is 4. The number of carbonyl (C=O) groups is 2. The highest BCUT2D eigenvalue weighted by Gasteiger charge is 2.20. The molecule has 2 aromatic rings. The molecule has 1 atom stereocenters. The molecule has 1 heterocycles. The number of halogens is 1. The highest BCUT2D eigenvalue weighted by Crippen LogP contribution is 2.18. The van der Waals surface area contributed by atoms with Crippen molar-refractivity contribution in [2.45, 2.75) is 20.0 Å². The van der Waals surface area contributed by atoms with E-state index in [0.717, 1.165) is 5.56 Å². The van der Waals surface area contributed by atoms with Crippen molar-refractivity contribution in [1.29, 1.82) is 0 Å². The third-order valence-corrected chi connectivity index (χ3v) is 4.02. The molecule has 0 unspecified atom stereocenters. The maximum absolute atomic E-state index is 12.0. The third kappa shape index (κ3) is 4.06. The molecule has 0 aliphatic heterocycles. The lowest BCUT2D eigenvalue weighted by molar-refractivity contribution is -0.123. The first-order valence-corrected chi connectivity index (χ1v) is 7.54. The molecule has 4 nitrogen and oxygen atoms in total. The number of benzene rings is 1. The van der Waals surface area contributed by atoms with E-state index in [1.54, 1.807) is 24.3 Å². The molecule has 6 heteroatoms. The maximum Gasteiger partial charge on any atom is 0.349 e. The molecule has 0 bridgehead atoms. The molecule has 1 N–H and O–H groups in total. The van der Waals surface area contributed by atoms with Crippen molar-refractivity contribution < 1.29 is 14.3 Å². The summed E-state index contributed by atoms with van der Waals surface area (Å²) in [5.41, 5.74) is 1.40. The van der Waals surface area contributed by atoms with Crippen molar-refractivity contribution in [3.05, 3.63) is 51.2 Å². The van der Waals surface area contributed by atoms with Gasteiger partial charge in [0.15, 0.2) is 6.10 Å². The Morgan fingerprint density at radius 2 is 2.10 bits per heavy atom. The van der Waals surface area contributed by atoms with Gasteiger partial charge in [0, 0.05) is 10.7 Å². The normalized spacial score (nSPS) is 11.8. The summed E-state index contributed by atoms with van der Waals surface area (Å²) in [6.45, 7) is 3.35. The van der Waals surface area contributed by atoms with Crippen LogP contribution in [0.25, 0.3) is 0 Å². The van der Waals surface area contributed by atoms with Crippen LogP contribution in [0.3, 0.4) is 0 Å². The Hall–Kier alpha value is -1.85. The fraction of sp³-hybridized carbons (Fsp3) is 0.200. The van der Waals surface area contributed by atoms with Crippen molar-refractivity contribution in [3.8, 4) is 0 Å². The lowest BCUT2D eigenvalue weighted by Gasteiger charge is -2.13. The number of carbonyl (C=O) groups excluding carboxylic acids is 2. The molecule has 2 rings (SSSR count). The summed E-state index contributed by atoms with van der Waals surface area (Å²) >= 11 is 7.14. The molecule has 0 spiro atoms. The SMILES string of the molecule is Cc1ccsc1C(=O)O[C@@H](C)C(=O)Nc1cccc(Cl)c1. The Morgan fingerprint density at radius 3 is 2.71 bits per heavy atom. The van der Waals surface area contributed by atoms with E-state index in [0.29, 0.717) is 15.6 Å². The Labute approximate surface area is 131 Å². The quantitative estimate of drug-likeness (QED) is 0.868. The number of hydrogen-bond acceptors (Lipinski definition) is 4. The minimum absolute atomic E-state index is 0.403. The predicted octanol–water partition coefficient (Wildman–Crippen LogP) is 3.89. The van der Waals surface area contributed by atoms with Crippen LogP contribution in [0.2, 0.25) is 5.02 Å². The van der Waals surface area contributed by atoms with Crippen molar-refractivity contribution in [3.63, 3.8) is 0 Å². The van der Waals surface area contributed by atoms with Gasteiger partial charge in [0.25, 0.3) is 5.91 Å². The van der Waals surface area contributed by atoms with E-state index in [2.05, 4.69) is 5.32 Å². The van der Waals surface area contributed by atoms with Crippen LogP contribution in [0, 0.1) is 6.92 Å². The summed E-state index contributed by atoms with van der Waals surface area (Å²) < 4.78 is 5.17. The second kappa shape index (κ2) is 6.74. The van der Waals surface area contributed by atoms with E-state index in [4.69, 9.17) is 16.3 Å². The van der Waals surface area contributed by atoms with Crippen LogP contribution in [0.5, 0.6) is 0 Å². The summed E-state index contributed by atoms with van der Waals surface area (Å²) in [6.07, 6.45) is -0.891. The lowest BCUT2D eigenvalue weighted by atomic mass is 10.3. The minimum Gasteiger partial charge on any atom is -0.448 e. The number of esters is 1. The zero-order valence-corrected chi connectivity index (χ0v) is 13.1. The molecule has 0 saturated heterocycles. The second-order valence-corrected chi connectivity index (χ2v) is 5.83. The number of anilines is 1. The number of aryl methyl sites for hydroxylation is 1. The van der Waals surface area contributed by atoms with Crippen LogP contribution in [0.4, 0.5) is 5.69 Å². The Bertz CT molecular complexity index is 668. The first-order valence-electron chi connectivity index (χ1n) is 6.29. The lowest BCUT2D eigenvalue weighted by Crippen LogP contribution is -2.29. The monoisotopic (exact) mass is 323 g/mol. The van der Waals surface area contributed by atoms with Gasteiger partial charge in [0.05, 0.1) is 0 Å². The van der Waals surface area contributed by atoms with Crippen LogP contribution < -0.4 is 5.32 Å². The summed E-state index contributed by atoms with van der Waals surface area (Å²) in [5, 5.41) is 4.98. The highest BCUT2D eigenvalue weighted by molar-refractivity contribution is 7.12. The van der Waals surface area contributed by atoms with Crippen LogP contribution >= 0.6 is 22.9 Å².